The van der Waals surface area contributed by atoms with Crippen molar-refractivity contribution in [1.82, 2.24) is 10.3 Å². The lowest BCUT2D eigenvalue weighted by Crippen LogP contribution is -2.35. The number of hydrogen-bond donors (Lipinski definition) is 2. The molecular formula is C25H28N4O3S. The van der Waals surface area contributed by atoms with Gasteiger partial charge in [0.15, 0.2) is 0 Å². The van der Waals surface area contributed by atoms with Gasteiger partial charge in [0.1, 0.15) is 10.8 Å². The number of piperidine rings is 1. The molecule has 1 fully saturated rings. The van der Waals surface area contributed by atoms with Crippen molar-refractivity contribution in [2.45, 2.75) is 32.6 Å². The summed E-state index contributed by atoms with van der Waals surface area (Å²) in [6.45, 7) is 3.19. The molecule has 0 spiro atoms. The van der Waals surface area contributed by atoms with Crippen LogP contribution in [0.5, 0.6) is 5.75 Å². The summed E-state index contributed by atoms with van der Waals surface area (Å²) in [5.41, 5.74) is 4.57. The molecule has 172 valence electrons. The molecule has 0 aliphatic carbocycles. The molecule has 1 aliphatic rings. The Morgan fingerprint density at radius 2 is 2.00 bits per heavy atom. The fourth-order valence-corrected chi connectivity index (χ4v) is 4.63. The number of amides is 3. The molecule has 3 aromatic rings. The van der Waals surface area contributed by atoms with Gasteiger partial charge in [-0.05, 0) is 38.0 Å². The summed E-state index contributed by atoms with van der Waals surface area (Å²) in [6, 6.07) is 13.3. The molecule has 4 rings (SSSR count). The number of carbonyl (C=O) groups is 2. The minimum atomic E-state index is -0.301. The first-order valence-electron chi connectivity index (χ1n) is 11.1. The molecular weight excluding hydrogens is 436 g/mol. The van der Waals surface area contributed by atoms with Crippen LogP contribution in [-0.4, -0.2) is 37.1 Å². The van der Waals surface area contributed by atoms with Gasteiger partial charge in [0.05, 0.1) is 18.5 Å². The monoisotopic (exact) mass is 464 g/mol. The molecule has 7 nitrogen and oxygen atoms in total. The topological polar surface area (TPSA) is 83.6 Å². The number of hydrogen-bond acceptors (Lipinski definition) is 5. The van der Waals surface area contributed by atoms with E-state index < -0.39 is 0 Å². The summed E-state index contributed by atoms with van der Waals surface area (Å²) < 4.78 is 5.43. The second-order valence-corrected chi connectivity index (χ2v) is 8.89. The summed E-state index contributed by atoms with van der Waals surface area (Å²) in [5, 5.41) is 8.73. The molecule has 33 heavy (non-hydrogen) atoms. The summed E-state index contributed by atoms with van der Waals surface area (Å²) in [4.78, 5) is 31.2. The highest BCUT2D eigenvalue weighted by molar-refractivity contribution is 7.13. The summed E-state index contributed by atoms with van der Waals surface area (Å²) in [5.74, 6) is 0.693. The number of aryl methyl sites for hydroxylation is 1. The van der Waals surface area contributed by atoms with E-state index in [1.54, 1.807) is 41.5 Å². The smallest absolute Gasteiger partial charge is 0.319 e. The third kappa shape index (κ3) is 5.70. The lowest BCUT2D eigenvalue weighted by molar-refractivity contribution is -0.119. The van der Waals surface area contributed by atoms with Gasteiger partial charge in [-0.2, -0.15) is 0 Å². The van der Waals surface area contributed by atoms with Crippen LogP contribution in [0.4, 0.5) is 16.2 Å². The average Bonchev–Trinajstić information content (AvgIpc) is 3.29. The zero-order valence-electron chi connectivity index (χ0n) is 18.9. The number of thiazole rings is 1. The molecule has 2 N–H and O–H groups in total. The minimum Gasteiger partial charge on any atom is -0.495 e. The molecule has 2 aromatic carbocycles. The molecule has 1 saturated heterocycles. The Bertz CT molecular complexity index is 1130. The molecule has 0 unspecified atom stereocenters. The van der Waals surface area contributed by atoms with Crippen molar-refractivity contribution in [2.75, 3.05) is 30.4 Å². The third-order valence-electron chi connectivity index (χ3n) is 5.57. The molecule has 0 saturated carbocycles. The number of rotatable bonds is 7. The Morgan fingerprint density at radius 1 is 1.18 bits per heavy atom. The van der Waals surface area contributed by atoms with E-state index in [1.807, 2.05) is 5.38 Å². The number of carbonyl (C=O) groups excluding carboxylic acids is 2. The van der Waals surface area contributed by atoms with Crippen molar-refractivity contribution in [2.24, 2.45) is 0 Å². The van der Waals surface area contributed by atoms with Crippen LogP contribution >= 0.6 is 11.3 Å². The van der Waals surface area contributed by atoms with E-state index in [0.29, 0.717) is 43.1 Å². The standard InChI is InChI=1S/C25H28N4O3S/c1-17-6-8-18(9-7-17)24-27-20(16-33-24)12-13-26-25(31)28-19-10-11-22(32-2)21(15-19)29-14-4-3-5-23(29)30/h6-11,15-16H,3-5,12-14H2,1-2H3,(H2,26,28,31). The van der Waals surface area contributed by atoms with Gasteiger partial charge in [0.25, 0.3) is 0 Å². The summed E-state index contributed by atoms with van der Waals surface area (Å²) >= 11 is 1.61. The van der Waals surface area contributed by atoms with Gasteiger partial charge in [0.2, 0.25) is 5.91 Å². The Labute approximate surface area is 197 Å². The molecule has 3 amide bonds. The lowest BCUT2D eigenvalue weighted by Gasteiger charge is -2.28. The highest BCUT2D eigenvalue weighted by atomic mass is 32.1. The number of nitrogens with one attached hydrogen (secondary N) is 2. The van der Waals surface area contributed by atoms with E-state index in [-0.39, 0.29) is 11.9 Å². The van der Waals surface area contributed by atoms with Gasteiger partial charge in [-0.3, -0.25) is 4.79 Å². The van der Waals surface area contributed by atoms with Crippen LogP contribution in [0.1, 0.15) is 30.5 Å². The van der Waals surface area contributed by atoms with Crippen molar-refractivity contribution in [3.63, 3.8) is 0 Å². The van der Waals surface area contributed by atoms with Crippen LogP contribution in [0, 0.1) is 6.92 Å². The maximum atomic E-state index is 12.4. The van der Waals surface area contributed by atoms with Gasteiger partial charge in [-0.1, -0.05) is 29.8 Å². The fraction of sp³-hybridized carbons (Fsp3) is 0.320. The van der Waals surface area contributed by atoms with E-state index >= 15 is 0 Å². The van der Waals surface area contributed by atoms with E-state index in [9.17, 15) is 9.59 Å². The van der Waals surface area contributed by atoms with E-state index in [2.05, 4.69) is 46.8 Å². The second kappa shape index (κ2) is 10.5. The number of urea groups is 1. The van der Waals surface area contributed by atoms with Crippen LogP contribution in [0.2, 0.25) is 0 Å². The highest BCUT2D eigenvalue weighted by Gasteiger charge is 2.23. The zero-order chi connectivity index (χ0) is 23.2. The second-order valence-electron chi connectivity index (χ2n) is 8.03. The van der Waals surface area contributed by atoms with Crippen LogP contribution in [0.15, 0.2) is 47.8 Å². The van der Waals surface area contributed by atoms with E-state index in [4.69, 9.17) is 4.74 Å². The van der Waals surface area contributed by atoms with E-state index in [0.717, 1.165) is 29.1 Å². The number of aromatic nitrogens is 1. The quantitative estimate of drug-likeness (QED) is 0.515. The molecule has 8 heteroatoms. The normalized spacial score (nSPS) is 13.6. The number of nitrogens with zero attached hydrogens (tertiary/aromatic N) is 2. The van der Waals surface area contributed by atoms with Crippen molar-refractivity contribution >= 4 is 34.6 Å². The fourth-order valence-electron chi connectivity index (χ4n) is 3.77. The Kier molecular flexibility index (Phi) is 7.24. The van der Waals surface area contributed by atoms with Crippen LogP contribution < -0.4 is 20.3 Å². The number of ether oxygens (including phenoxy) is 1. The van der Waals surface area contributed by atoms with Crippen LogP contribution in [-0.2, 0) is 11.2 Å². The molecule has 2 heterocycles. The maximum Gasteiger partial charge on any atom is 0.319 e. The number of anilines is 2. The van der Waals surface area contributed by atoms with Gasteiger partial charge < -0.3 is 20.3 Å². The van der Waals surface area contributed by atoms with Crippen molar-refractivity contribution in [3.8, 4) is 16.3 Å². The summed E-state index contributed by atoms with van der Waals surface area (Å²) in [7, 11) is 1.58. The third-order valence-corrected chi connectivity index (χ3v) is 6.51. The number of benzene rings is 2. The van der Waals surface area contributed by atoms with Crippen molar-refractivity contribution in [1.29, 1.82) is 0 Å². The van der Waals surface area contributed by atoms with Gasteiger partial charge in [-0.15, -0.1) is 11.3 Å². The SMILES string of the molecule is COc1ccc(NC(=O)NCCc2csc(-c3ccc(C)cc3)n2)cc1N1CCCCC1=O. The van der Waals surface area contributed by atoms with Gasteiger partial charge in [-0.25, -0.2) is 9.78 Å². The lowest BCUT2D eigenvalue weighted by atomic mass is 10.1. The van der Waals surface area contributed by atoms with Crippen LogP contribution in [0.3, 0.4) is 0 Å². The molecule has 0 radical (unpaired) electrons. The first-order valence-corrected chi connectivity index (χ1v) is 12.0. The van der Waals surface area contributed by atoms with Gasteiger partial charge in [0, 0.05) is 42.6 Å². The van der Waals surface area contributed by atoms with Gasteiger partial charge >= 0.3 is 6.03 Å². The summed E-state index contributed by atoms with van der Waals surface area (Å²) in [6.07, 6.45) is 3.04. The van der Waals surface area contributed by atoms with Crippen molar-refractivity contribution in [3.05, 3.63) is 59.1 Å². The largest absolute Gasteiger partial charge is 0.495 e. The minimum absolute atomic E-state index is 0.0782. The Morgan fingerprint density at radius 3 is 2.76 bits per heavy atom. The molecule has 1 aromatic heterocycles. The van der Waals surface area contributed by atoms with Crippen LogP contribution in [0.25, 0.3) is 10.6 Å². The van der Waals surface area contributed by atoms with Crippen molar-refractivity contribution < 1.29 is 14.3 Å². The average molecular weight is 465 g/mol. The first-order chi connectivity index (χ1) is 16.0. The molecule has 1 aliphatic heterocycles. The Hall–Kier alpha value is -3.39. The first kappa shape index (κ1) is 22.8. The molecule has 0 bridgehead atoms. The predicted molar refractivity (Wildman–Crippen MR) is 132 cm³/mol. The Balaban J connectivity index is 1.32. The molecule has 0 atom stereocenters. The maximum absolute atomic E-state index is 12.4. The predicted octanol–water partition coefficient (Wildman–Crippen LogP) is 5.01. The zero-order valence-corrected chi connectivity index (χ0v) is 19.7. The number of methoxy groups -OCH3 is 1. The van der Waals surface area contributed by atoms with E-state index in [1.165, 1.54) is 5.56 Å². The highest BCUT2D eigenvalue weighted by Crippen LogP contribution is 2.33.